The van der Waals surface area contributed by atoms with E-state index in [1.807, 2.05) is 62.4 Å². The Balaban J connectivity index is 1.31. The molecule has 3 heterocycles. The van der Waals surface area contributed by atoms with Crippen molar-refractivity contribution in [3.05, 3.63) is 77.5 Å². The second-order valence-electron chi connectivity index (χ2n) is 7.98. The smallest absolute Gasteiger partial charge is 0.321 e. The zero-order chi connectivity index (χ0) is 21.8. The van der Waals surface area contributed by atoms with E-state index >= 15 is 0 Å². The van der Waals surface area contributed by atoms with Crippen LogP contribution in [-0.4, -0.2) is 40.5 Å². The van der Waals surface area contributed by atoms with Crippen LogP contribution in [0.3, 0.4) is 0 Å². The summed E-state index contributed by atoms with van der Waals surface area (Å²) >= 11 is 0. The van der Waals surface area contributed by atoms with Gasteiger partial charge in [-0.15, -0.1) is 0 Å². The van der Waals surface area contributed by atoms with Gasteiger partial charge in [0.25, 0.3) is 5.91 Å². The highest BCUT2D eigenvalue weighted by molar-refractivity contribution is 5.96. The predicted molar refractivity (Wildman–Crippen MR) is 119 cm³/mol. The Kier molecular flexibility index (Phi) is 6.11. The maximum Gasteiger partial charge on any atom is 0.321 e. The molecule has 1 saturated heterocycles. The van der Waals surface area contributed by atoms with E-state index in [4.69, 9.17) is 4.42 Å². The van der Waals surface area contributed by atoms with Crippen LogP contribution in [0.15, 0.2) is 59.2 Å². The molecule has 2 N–H and O–H groups in total. The lowest BCUT2D eigenvalue weighted by Gasteiger charge is -2.32. The highest BCUT2D eigenvalue weighted by Crippen LogP contribution is 2.19. The van der Waals surface area contributed by atoms with Crippen molar-refractivity contribution in [1.29, 1.82) is 0 Å². The largest absolute Gasteiger partial charge is 0.467 e. The average Bonchev–Trinajstić information content (AvgIpc) is 3.39. The molecular weight excluding hydrogens is 392 g/mol. The number of aromatic nitrogens is 1. The fourth-order valence-corrected chi connectivity index (χ4v) is 4.05. The van der Waals surface area contributed by atoms with Crippen LogP contribution in [0.25, 0.3) is 0 Å². The molecule has 1 fully saturated rings. The summed E-state index contributed by atoms with van der Waals surface area (Å²) in [6.45, 7) is 5.78. The molecule has 31 heavy (non-hydrogen) atoms. The summed E-state index contributed by atoms with van der Waals surface area (Å²) in [5.74, 6) is 0.792. The van der Waals surface area contributed by atoms with Gasteiger partial charge in [-0.05, 0) is 57.0 Å². The van der Waals surface area contributed by atoms with E-state index < -0.39 is 0 Å². The highest BCUT2D eigenvalue weighted by Gasteiger charge is 2.25. The Hall–Kier alpha value is -3.48. The number of amides is 3. The van der Waals surface area contributed by atoms with Gasteiger partial charge in [0.05, 0.1) is 18.4 Å². The zero-order valence-corrected chi connectivity index (χ0v) is 17.9. The number of hydrogen-bond acceptors (Lipinski definition) is 3. The number of urea groups is 1. The summed E-state index contributed by atoms with van der Waals surface area (Å²) in [6.07, 6.45) is 3.13. The molecule has 1 aliphatic heterocycles. The molecule has 0 radical (unpaired) electrons. The van der Waals surface area contributed by atoms with Gasteiger partial charge in [-0.1, -0.05) is 18.2 Å². The number of benzene rings is 1. The molecule has 162 valence electrons. The molecule has 0 aliphatic carbocycles. The van der Waals surface area contributed by atoms with Crippen molar-refractivity contribution in [2.45, 2.75) is 39.3 Å². The first-order chi connectivity index (χ1) is 15.0. The Morgan fingerprint density at radius 3 is 2.48 bits per heavy atom. The van der Waals surface area contributed by atoms with Crippen molar-refractivity contribution < 1.29 is 14.0 Å². The van der Waals surface area contributed by atoms with Crippen LogP contribution in [0.4, 0.5) is 10.5 Å². The van der Waals surface area contributed by atoms with Gasteiger partial charge in [0.1, 0.15) is 5.76 Å². The van der Waals surface area contributed by atoms with Crippen LogP contribution in [0.2, 0.25) is 0 Å². The molecule has 2 aromatic heterocycles. The van der Waals surface area contributed by atoms with Crippen molar-refractivity contribution in [1.82, 2.24) is 14.8 Å². The van der Waals surface area contributed by atoms with Crippen LogP contribution in [0, 0.1) is 13.8 Å². The van der Waals surface area contributed by atoms with Crippen molar-refractivity contribution >= 4 is 17.6 Å². The van der Waals surface area contributed by atoms with Crippen molar-refractivity contribution in [2.75, 3.05) is 18.4 Å². The second-order valence-corrected chi connectivity index (χ2v) is 7.98. The lowest BCUT2D eigenvalue weighted by Crippen LogP contribution is -2.47. The fraction of sp³-hybridized carbons (Fsp3) is 0.333. The maximum atomic E-state index is 12.9. The second kappa shape index (κ2) is 9.12. The molecule has 0 spiro atoms. The molecule has 7 nitrogen and oxygen atoms in total. The maximum absolute atomic E-state index is 12.9. The summed E-state index contributed by atoms with van der Waals surface area (Å²) in [5.41, 5.74) is 3.42. The first kappa shape index (κ1) is 20.8. The van der Waals surface area contributed by atoms with Crippen LogP contribution in [0.5, 0.6) is 0 Å². The third-order valence-electron chi connectivity index (χ3n) is 5.85. The SMILES string of the molecule is Cc1cc(C(=O)NC2CCN(C(=O)Nc3ccccc3)CC2)c(C)n1Cc1ccco1. The number of nitrogens with zero attached hydrogens (tertiary/aromatic N) is 2. The predicted octanol–water partition coefficient (Wildman–Crippen LogP) is 4.17. The Morgan fingerprint density at radius 1 is 1.06 bits per heavy atom. The normalized spacial score (nSPS) is 14.5. The van der Waals surface area contributed by atoms with Crippen LogP contribution < -0.4 is 10.6 Å². The number of carbonyl (C=O) groups excluding carboxylic acids is 2. The summed E-state index contributed by atoms with van der Waals surface area (Å²) < 4.78 is 7.53. The van der Waals surface area contributed by atoms with E-state index in [0.717, 1.165) is 35.7 Å². The molecular formula is C24H28N4O3. The van der Waals surface area contributed by atoms with Crippen LogP contribution >= 0.6 is 0 Å². The molecule has 3 amide bonds. The number of rotatable bonds is 5. The van der Waals surface area contributed by atoms with Crippen LogP contribution in [-0.2, 0) is 6.54 Å². The molecule has 1 aromatic carbocycles. The minimum absolute atomic E-state index is 0.0569. The Labute approximate surface area is 182 Å². The molecule has 1 aliphatic rings. The molecule has 0 bridgehead atoms. The molecule has 0 atom stereocenters. The number of para-hydroxylation sites is 1. The number of hydrogen-bond donors (Lipinski definition) is 2. The quantitative estimate of drug-likeness (QED) is 0.650. The molecule has 3 aromatic rings. The Morgan fingerprint density at radius 2 is 1.81 bits per heavy atom. The van der Waals surface area contributed by atoms with Gasteiger partial charge in [0.15, 0.2) is 0 Å². The first-order valence-corrected chi connectivity index (χ1v) is 10.6. The van der Waals surface area contributed by atoms with E-state index in [0.29, 0.717) is 25.2 Å². The third kappa shape index (κ3) is 4.82. The van der Waals surface area contributed by atoms with Gasteiger partial charge in [0.2, 0.25) is 0 Å². The summed E-state index contributed by atoms with van der Waals surface area (Å²) in [4.78, 5) is 27.2. The minimum Gasteiger partial charge on any atom is -0.467 e. The third-order valence-corrected chi connectivity index (χ3v) is 5.85. The van der Waals surface area contributed by atoms with Gasteiger partial charge < -0.3 is 24.5 Å². The lowest BCUT2D eigenvalue weighted by atomic mass is 10.0. The van der Waals surface area contributed by atoms with Gasteiger partial charge in [0, 0.05) is 36.2 Å². The van der Waals surface area contributed by atoms with Gasteiger partial charge in [-0.3, -0.25) is 4.79 Å². The van der Waals surface area contributed by atoms with Crippen molar-refractivity contribution in [2.24, 2.45) is 0 Å². The number of likely N-dealkylation sites (tertiary alicyclic amines) is 1. The molecule has 0 saturated carbocycles. The van der Waals surface area contributed by atoms with Crippen LogP contribution in [0.1, 0.15) is 40.3 Å². The monoisotopic (exact) mass is 420 g/mol. The Bertz CT molecular complexity index is 1030. The van der Waals surface area contributed by atoms with E-state index in [-0.39, 0.29) is 18.0 Å². The first-order valence-electron chi connectivity index (χ1n) is 10.6. The van der Waals surface area contributed by atoms with E-state index in [2.05, 4.69) is 15.2 Å². The molecule has 0 unspecified atom stereocenters. The lowest BCUT2D eigenvalue weighted by molar-refractivity contribution is 0.0918. The summed E-state index contributed by atoms with van der Waals surface area (Å²) in [5, 5.41) is 6.07. The fourth-order valence-electron chi connectivity index (χ4n) is 4.05. The summed E-state index contributed by atoms with van der Waals surface area (Å²) in [7, 11) is 0. The molecule has 7 heteroatoms. The standard InChI is InChI=1S/C24H28N4O3/c1-17-15-22(18(2)28(17)16-21-9-6-14-31-21)23(29)25-20-10-12-27(13-11-20)24(30)26-19-7-4-3-5-8-19/h3-9,14-15,20H,10-13,16H2,1-2H3,(H,25,29)(H,26,30). The van der Waals surface area contributed by atoms with Gasteiger partial charge in [-0.25, -0.2) is 4.79 Å². The number of piperidine rings is 1. The van der Waals surface area contributed by atoms with Crippen molar-refractivity contribution in [3.8, 4) is 0 Å². The number of anilines is 1. The summed E-state index contributed by atoms with van der Waals surface area (Å²) in [6, 6.07) is 15.1. The number of furan rings is 1. The molecule has 4 rings (SSSR count). The van der Waals surface area contributed by atoms with Crippen molar-refractivity contribution in [3.63, 3.8) is 0 Å². The zero-order valence-electron chi connectivity index (χ0n) is 17.9. The minimum atomic E-state index is -0.0996. The highest BCUT2D eigenvalue weighted by atomic mass is 16.3. The topological polar surface area (TPSA) is 79.5 Å². The van der Waals surface area contributed by atoms with E-state index in [1.165, 1.54) is 0 Å². The average molecular weight is 421 g/mol. The van der Waals surface area contributed by atoms with Gasteiger partial charge in [-0.2, -0.15) is 0 Å². The number of aryl methyl sites for hydroxylation is 1. The van der Waals surface area contributed by atoms with Gasteiger partial charge >= 0.3 is 6.03 Å². The number of carbonyl (C=O) groups is 2. The van der Waals surface area contributed by atoms with E-state index in [9.17, 15) is 9.59 Å². The van der Waals surface area contributed by atoms with E-state index in [1.54, 1.807) is 11.2 Å². The number of nitrogens with one attached hydrogen (secondary N) is 2.